The van der Waals surface area contributed by atoms with Gasteiger partial charge in [0.15, 0.2) is 5.13 Å². The van der Waals surface area contributed by atoms with E-state index in [-0.39, 0.29) is 9.77 Å². The Morgan fingerprint density at radius 3 is 2.59 bits per heavy atom. The van der Waals surface area contributed by atoms with Crippen LogP contribution in [-0.4, -0.2) is 36.7 Å². The van der Waals surface area contributed by atoms with E-state index in [1.807, 2.05) is 24.4 Å². The van der Waals surface area contributed by atoms with Gasteiger partial charge in [0.1, 0.15) is 9.77 Å². The van der Waals surface area contributed by atoms with Crippen LogP contribution in [0.4, 0.5) is 5.13 Å². The maximum atomic E-state index is 12.9. The number of hydrogen-bond acceptors (Lipinski definition) is 6. The predicted molar refractivity (Wildman–Crippen MR) is 117 cm³/mol. The van der Waals surface area contributed by atoms with E-state index >= 15 is 0 Å². The average molecular weight is 448 g/mol. The van der Waals surface area contributed by atoms with Crippen molar-refractivity contribution in [1.29, 1.82) is 0 Å². The monoisotopic (exact) mass is 447 g/mol. The molecule has 3 heterocycles. The second kappa shape index (κ2) is 7.98. The highest BCUT2D eigenvalue weighted by atomic mass is 32.2. The smallest absolute Gasteiger partial charge is 0.268 e. The van der Waals surface area contributed by atoms with Gasteiger partial charge in [-0.1, -0.05) is 12.1 Å². The van der Waals surface area contributed by atoms with Crippen molar-refractivity contribution in [1.82, 2.24) is 9.29 Å². The molecule has 0 aliphatic carbocycles. The van der Waals surface area contributed by atoms with E-state index in [1.165, 1.54) is 32.8 Å². The largest absolute Gasteiger partial charge is 0.297 e. The van der Waals surface area contributed by atoms with Crippen LogP contribution in [-0.2, 0) is 10.0 Å². The van der Waals surface area contributed by atoms with Crippen molar-refractivity contribution >= 4 is 43.7 Å². The van der Waals surface area contributed by atoms with E-state index in [0.717, 1.165) is 35.4 Å². The number of carbonyl (C=O) groups excluding carboxylic acids is 1. The second-order valence-corrected chi connectivity index (χ2v) is 10.7. The Labute approximate surface area is 178 Å². The normalized spacial score (nSPS) is 15.0. The summed E-state index contributed by atoms with van der Waals surface area (Å²) in [6.07, 6.45) is 1.70. The standard InChI is InChI=1S/C20H21N3O3S3/c1-13-5-6-15(11-14(13)2)16-12-28-20(21-16)22-19(24)18-17(7-10-27-18)29(25,26)23-8-3-4-9-23/h5-7,10-12H,3-4,8-9H2,1-2H3,(H,21,22,24). The Balaban J connectivity index is 1.55. The lowest BCUT2D eigenvalue weighted by Gasteiger charge is -2.15. The van der Waals surface area contributed by atoms with Gasteiger partial charge in [-0.3, -0.25) is 10.1 Å². The number of aryl methyl sites for hydroxylation is 2. The molecule has 1 amide bonds. The van der Waals surface area contributed by atoms with Gasteiger partial charge in [0.2, 0.25) is 10.0 Å². The van der Waals surface area contributed by atoms with E-state index in [1.54, 1.807) is 5.38 Å². The number of carbonyl (C=O) groups is 1. The molecule has 0 unspecified atom stereocenters. The fourth-order valence-corrected chi connectivity index (χ4v) is 6.78. The lowest BCUT2D eigenvalue weighted by atomic mass is 10.1. The summed E-state index contributed by atoms with van der Waals surface area (Å²) in [6, 6.07) is 7.62. The molecule has 6 nitrogen and oxygen atoms in total. The van der Waals surface area contributed by atoms with Gasteiger partial charge in [0.05, 0.1) is 5.69 Å². The summed E-state index contributed by atoms with van der Waals surface area (Å²) in [5.41, 5.74) is 4.15. The number of aromatic nitrogens is 1. The first kappa shape index (κ1) is 20.2. The third-order valence-corrected chi connectivity index (χ3v) is 8.79. The van der Waals surface area contributed by atoms with Gasteiger partial charge in [0, 0.05) is 24.0 Å². The molecule has 0 saturated carbocycles. The molecule has 1 aromatic carbocycles. The van der Waals surface area contributed by atoms with Crippen LogP contribution in [0.15, 0.2) is 39.9 Å². The number of amides is 1. The third kappa shape index (κ3) is 4.00. The van der Waals surface area contributed by atoms with Crippen LogP contribution >= 0.6 is 22.7 Å². The van der Waals surface area contributed by atoms with Crippen molar-refractivity contribution in [2.45, 2.75) is 31.6 Å². The molecular weight excluding hydrogens is 426 g/mol. The minimum atomic E-state index is -3.64. The molecule has 1 saturated heterocycles. The Hall–Kier alpha value is -2.07. The van der Waals surface area contributed by atoms with Gasteiger partial charge >= 0.3 is 0 Å². The van der Waals surface area contributed by atoms with Crippen LogP contribution in [0.2, 0.25) is 0 Å². The summed E-state index contributed by atoms with van der Waals surface area (Å²) in [6.45, 7) is 5.11. The molecule has 1 fully saturated rings. The quantitative estimate of drug-likeness (QED) is 0.623. The van der Waals surface area contributed by atoms with Crippen molar-refractivity contribution in [2.24, 2.45) is 0 Å². The lowest BCUT2D eigenvalue weighted by molar-refractivity contribution is 0.102. The Morgan fingerprint density at radius 2 is 1.86 bits per heavy atom. The fraction of sp³-hybridized carbons (Fsp3) is 0.300. The minimum absolute atomic E-state index is 0.0767. The van der Waals surface area contributed by atoms with Gasteiger partial charge in [-0.25, -0.2) is 13.4 Å². The molecule has 0 atom stereocenters. The summed E-state index contributed by atoms with van der Waals surface area (Å²) in [5, 5.41) is 6.73. The number of benzene rings is 1. The second-order valence-electron chi connectivity index (χ2n) is 7.02. The van der Waals surface area contributed by atoms with Crippen LogP contribution in [0.3, 0.4) is 0 Å². The summed E-state index contributed by atoms with van der Waals surface area (Å²) in [5.74, 6) is -0.446. The maximum Gasteiger partial charge on any atom is 0.268 e. The van der Waals surface area contributed by atoms with E-state index < -0.39 is 15.9 Å². The number of sulfonamides is 1. The highest BCUT2D eigenvalue weighted by Gasteiger charge is 2.32. The minimum Gasteiger partial charge on any atom is -0.297 e. The van der Waals surface area contributed by atoms with Crippen molar-refractivity contribution < 1.29 is 13.2 Å². The summed E-state index contributed by atoms with van der Waals surface area (Å²) in [7, 11) is -3.64. The van der Waals surface area contributed by atoms with E-state index in [4.69, 9.17) is 0 Å². The number of anilines is 1. The van der Waals surface area contributed by atoms with Crippen LogP contribution in [0.25, 0.3) is 11.3 Å². The number of rotatable bonds is 5. The number of thiazole rings is 1. The predicted octanol–water partition coefficient (Wildman–Crippen LogP) is 4.53. The molecular formula is C20H21N3O3S3. The van der Waals surface area contributed by atoms with Crippen LogP contribution in [0, 0.1) is 13.8 Å². The number of thiophene rings is 1. The molecule has 4 rings (SSSR count). The fourth-order valence-electron chi connectivity index (χ4n) is 3.25. The zero-order valence-electron chi connectivity index (χ0n) is 16.1. The molecule has 29 heavy (non-hydrogen) atoms. The first-order valence-corrected chi connectivity index (χ1v) is 12.5. The Kier molecular flexibility index (Phi) is 5.56. The van der Waals surface area contributed by atoms with Gasteiger partial charge in [-0.05, 0) is 55.3 Å². The van der Waals surface area contributed by atoms with E-state index in [2.05, 4.69) is 23.3 Å². The van der Waals surface area contributed by atoms with E-state index in [9.17, 15) is 13.2 Å². The van der Waals surface area contributed by atoms with Crippen LogP contribution in [0.1, 0.15) is 33.6 Å². The zero-order chi connectivity index (χ0) is 20.6. The molecule has 9 heteroatoms. The third-order valence-electron chi connectivity index (χ3n) is 5.05. The zero-order valence-corrected chi connectivity index (χ0v) is 18.6. The van der Waals surface area contributed by atoms with Crippen LogP contribution in [0.5, 0.6) is 0 Å². The molecule has 152 valence electrons. The average Bonchev–Trinajstić information content (AvgIpc) is 3.45. The molecule has 0 radical (unpaired) electrons. The molecule has 3 aromatic rings. The SMILES string of the molecule is Cc1ccc(-c2csc(NC(=O)c3sccc3S(=O)(=O)N3CCCC3)n2)cc1C. The molecule has 0 bridgehead atoms. The first-order valence-electron chi connectivity index (χ1n) is 9.28. The Morgan fingerprint density at radius 1 is 1.10 bits per heavy atom. The summed E-state index contributed by atoms with van der Waals surface area (Å²) in [4.78, 5) is 17.6. The van der Waals surface area contributed by atoms with E-state index in [0.29, 0.717) is 18.2 Å². The molecule has 1 N–H and O–H groups in total. The Bertz CT molecular complexity index is 1160. The van der Waals surface area contributed by atoms with Gasteiger partial charge < -0.3 is 0 Å². The molecule has 1 aliphatic rings. The lowest BCUT2D eigenvalue weighted by Crippen LogP contribution is -2.29. The van der Waals surface area contributed by atoms with Crippen molar-refractivity contribution in [3.8, 4) is 11.3 Å². The number of hydrogen-bond donors (Lipinski definition) is 1. The van der Waals surface area contributed by atoms with Gasteiger partial charge in [-0.15, -0.1) is 22.7 Å². The molecule has 0 spiro atoms. The first-order chi connectivity index (χ1) is 13.9. The van der Waals surface area contributed by atoms with Crippen molar-refractivity contribution in [2.75, 3.05) is 18.4 Å². The topological polar surface area (TPSA) is 79.4 Å². The number of nitrogens with one attached hydrogen (secondary N) is 1. The molecule has 2 aromatic heterocycles. The van der Waals surface area contributed by atoms with Gasteiger partial charge in [0.25, 0.3) is 5.91 Å². The summed E-state index contributed by atoms with van der Waals surface area (Å²) < 4.78 is 27.2. The maximum absolute atomic E-state index is 12.9. The highest BCUT2D eigenvalue weighted by molar-refractivity contribution is 7.89. The van der Waals surface area contributed by atoms with Crippen molar-refractivity contribution in [3.63, 3.8) is 0 Å². The molecule has 1 aliphatic heterocycles. The van der Waals surface area contributed by atoms with Crippen molar-refractivity contribution in [3.05, 3.63) is 51.0 Å². The van der Waals surface area contributed by atoms with Gasteiger partial charge in [-0.2, -0.15) is 4.31 Å². The van der Waals surface area contributed by atoms with Crippen LogP contribution < -0.4 is 5.32 Å². The highest BCUT2D eigenvalue weighted by Crippen LogP contribution is 2.30. The summed E-state index contributed by atoms with van der Waals surface area (Å²) >= 11 is 2.45. The number of nitrogens with zero attached hydrogens (tertiary/aromatic N) is 2.